The second kappa shape index (κ2) is 5.82. The van der Waals surface area contributed by atoms with E-state index in [0.29, 0.717) is 10.7 Å². The van der Waals surface area contributed by atoms with Crippen LogP contribution < -0.4 is 10.1 Å². The Morgan fingerprint density at radius 2 is 1.94 bits per heavy atom. The van der Waals surface area contributed by atoms with Gasteiger partial charge in [0.05, 0.1) is 5.56 Å². The van der Waals surface area contributed by atoms with Crippen molar-refractivity contribution in [3.63, 3.8) is 0 Å². The van der Waals surface area contributed by atoms with Gasteiger partial charge in [0.15, 0.2) is 0 Å². The average molecular weight is 266 g/mol. The highest BCUT2D eigenvalue weighted by Gasteiger charge is 2.16. The molecule has 0 fully saturated rings. The van der Waals surface area contributed by atoms with Crippen LogP contribution in [0.4, 0.5) is 4.79 Å². The first-order valence-electron chi connectivity index (χ1n) is 5.59. The van der Waals surface area contributed by atoms with Gasteiger partial charge in [0.2, 0.25) is 0 Å². The molecule has 1 rings (SSSR count). The number of amides is 1. The maximum absolute atomic E-state index is 11.4. The number of nitrogens with zero attached hydrogens (tertiary/aromatic N) is 1. The first kappa shape index (κ1) is 14.4. The Morgan fingerprint density at radius 1 is 1.33 bits per heavy atom. The number of hydrogen-bond acceptors (Lipinski definition) is 3. The summed E-state index contributed by atoms with van der Waals surface area (Å²) in [5.74, 6) is 0.513. The molecule has 0 bridgehead atoms. The van der Waals surface area contributed by atoms with Crippen LogP contribution in [0.5, 0.6) is 5.75 Å². The third kappa shape index (κ3) is 3.20. The van der Waals surface area contributed by atoms with Gasteiger partial charge < -0.3 is 15.0 Å². The molecule has 0 aromatic heterocycles. The van der Waals surface area contributed by atoms with Crippen LogP contribution in [-0.2, 0) is 0 Å². The van der Waals surface area contributed by atoms with E-state index in [1.54, 1.807) is 0 Å². The lowest BCUT2D eigenvalue weighted by atomic mass is 10.1. The molecule has 1 aromatic rings. The van der Waals surface area contributed by atoms with Crippen LogP contribution in [0, 0.1) is 13.8 Å². The van der Waals surface area contributed by atoms with E-state index in [-0.39, 0.29) is 0 Å². The van der Waals surface area contributed by atoms with Gasteiger partial charge in [-0.2, -0.15) is 0 Å². The van der Waals surface area contributed by atoms with Gasteiger partial charge in [-0.05, 0) is 31.0 Å². The standard InChI is InChI=1S/C13H18N2O2S/c1-8-6-9(2)11(17-13(16)14-3)10(7-8)12(18)15(4)5/h6-7H,1-5H3,(H,14,16). The lowest BCUT2D eigenvalue weighted by Crippen LogP contribution is -2.26. The molecule has 0 unspecified atom stereocenters. The number of carbonyl (C=O) groups excluding carboxylic acids is 1. The summed E-state index contributed by atoms with van der Waals surface area (Å²) in [4.78, 5) is 13.8. The minimum atomic E-state index is -0.496. The van der Waals surface area contributed by atoms with E-state index in [2.05, 4.69) is 5.32 Å². The zero-order valence-electron chi connectivity index (χ0n) is 11.3. The largest absolute Gasteiger partial charge is 0.412 e. The number of thiocarbonyl (C=S) groups is 1. The lowest BCUT2D eigenvalue weighted by Gasteiger charge is -2.19. The van der Waals surface area contributed by atoms with Gasteiger partial charge in [-0.3, -0.25) is 0 Å². The minimum absolute atomic E-state index is 0.496. The van der Waals surface area contributed by atoms with Crippen molar-refractivity contribution in [3.05, 3.63) is 28.8 Å². The van der Waals surface area contributed by atoms with E-state index in [4.69, 9.17) is 17.0 Å². The quantitative estimate of drug-likeness (QED) is 0.834. The molecule has 0 aliphatic rings. The number of rotatable bonds is 2. The van der Waals surface area contributed by atoms with Crippen molar-refractivity contribution in [2.75, 3.05) is 21.1 Å². The Bertz CT molecular complexity index is 484. The van der Waals surface area contributed by atoms with Crippen molar-refractivity contribution in [2.45, 2.75) is 13.8 Å². The van der Waals surface area contributed by atoms with E-state index >= 15 is 0 Å². The van der Waals surface area contributed by atoms with Crippen molar-refractivity contribution >= 4 is 23.3 Å². The molecule has 0 aliphatic heterocycles. The number of aryl methyl sites for hydroxylation is 2. The summed E-state index contributed by atoms with van der Waals surface area (Å²) in [6.45, 7) is 3.88. The Kier molecular flexibility index (Phi) is 4.67. The van der Waals surface area contributed by atoms with Crippen molar-refractivity contribution in [3.8, 4) is 5.75 Å². The van der Waals surface area contributed by atoms with Gasteiger partial charge in [0.1, 0.15) is 10.7 Å². The molecule has 0 saturated carbocycles. The summed E-state index contributed by atoms with van der Waals surface area (Å²) in [6.07, 6.45) is -0.496. The van der Waals surface area contributed by atoms with E-state index in [1.165, 1.54) is 7.05 Å². The van der Waals surface area contributed by atoms with Gasteiger partial charge in [-0.1, -0.05) is 18.3 Å². The second-order valence-corrected chi connectivity index (χ2v) is 4.68. The zero-order chi connectivity index (χ0) is 13.9. The van der Waals surface area contributed by atoms with Crippen LogP contribution in [-0.4, -0.2) is 37.1 Å². The fourth-order valence-electron chi connectivity index (χ4n) is 1.63. The van der Waals surface area contributed by atoms with Crippen LogP contribution in [0.2, 0.25) is 0 Å². The molecule has 4 nitrogen and oxygen atoms in total. The molecule has 0 atom stereocenters. The highest BCUT2D eigenvalue weighted by Crippen LogP contribution is 2.27. The van der Waals surface area contributed by atoms with Crippen LogP contribution in [0.15, 0.2) is 12.1 Å². The second-order valence-electron chi connectivity index (χ2n) is 4.30. The summed E-state index contributed by atoms with van der Waals surface area (Å²) in [5, 5.41) is 2.43. The Labute approximate surface area is 113 Å². The van der Waals surface area contributed by atoms with E-state index in [0.717, 1.165) is 16.7 Å². The lowest BCUT2D eigenvalue weighted by molar-refractivity contribution is 0.202. The smallest absolute Gasteiger partial charge is 0.409 e. The van der Waals surface area contributed by atoms with Gasteiger partial charge in [0, 0.05) is 21.1 Å². The summed E-state index contributed by atoms with van der Waals surface area (Å²) in [5.41, 5.74) is 2.73. The SMILES string of the molecule is CNC(=O)Oc1c(C)cc(C)cc1C(=S)N(C)C. The molecule has 0 radical (unpaired) electrons. The van der Waals surface area contributed by atoms with Gasteiger partial charge in [-0.25, -0.2) is 4.79 Å². The first-order valence-corrected chi connectivity index (χ1v) is 6.00. The summed E-state index contributed by atoms with van der Waals surface area (Å²) >= 11 is 5.35. The molecular formula is C13H18N2O2S. The maximum atomic E-state index is 11.4. The molecule has 18 heavy (non-hydrogen) atoms. The predicted molar refractivity (Wildman–Crippen MR) is 76.4 cm³/mol. The summed E-state index contributed by atoms with van der Waals surface area (Å²) < 4.78 is 5.29. The zero-order valence-corrected chi connectivity index (χ0v) is 12.1. The van der Waals surface area contributed by atoms with Crippen molar-refractivity contribution in [1.29, 1.82) is 0 Å². The van der Waals surface area contributed by atoms with Crippen molar-refractivity contribution in [2.24, 2.45) is 0 Å². The molecular weight excluding hydrogens is 248 g/mol. The predicted octanol–water partition coefficient (Wildman–Crippen LogP) is 2.26. The molecule has 0 heterocycles. The fraction of sp³-hybridized carbons (Fsp3) is 0.385. The van der Waals surface area contributed by atoms with Crippen LogP contribution in [0.1, 0.15) is 16.7 Å². The summed E-state index contributed by atoms with van der Waals surface area (Å²) in [7, 11) is 5.25. The molecule has 0 spiro atoms. The number of benzene rings is 1. The summed E-state index contributed by atoms with van der Waals surface area (Å²) in [6, 6.07) is 3.88. The van der Waals surface area contributed by atoms with Crippen molar-refractivity contribution in [1.82, 2.24) is 10.2 Å². The Balaban J connectivity index is 3.29. The van der Waals surface area contributed by atoms with Crippen molar-refractivity contribution < 1.29 is 9.53 Å². The number of ether oxygens (including phenoxy) is 1. The molecule has 1 amide bonds. The molecule has 0 aliphatic carbocycles. The normalized spacial score (nSPS) is 9.83. The number of carbonyl (C=O) groups is 1. The topological polar surface area (TPSA) is 41.6 Å². The highest BCUT2D eigenvalue weighted by atomic mass is 32.1. The van der Waals surface area contributed by atoms with Gasteiger partial charge in [-0.15, -0.1) is 0 Å². The van der Waals surface area contributed by atoms with E-state index in [1.807, 2.05) is 45.0 Å². The van der Waals surface area contributed by atoms with Crippen LogP contribution >= 0.6 is 12.2 Å². The highest BCUT2D eigenvalue weighted by molar-refractivity contribution is 7.80. The fourth-order valence-corrected chi connectivity index (χ4v) is 1.78. The van der Waals surface area contributed by atoms with Crippen LogP contribution in [0.25, 0.3) is 0 Å². The molecule has 1 aromatic carbocycles. The third-order valence-electron chi connectivity index (χ3n) is 2.45. The van der Waals surface area contributed by atoms with E-state index < -0.39 is 6.09 Å². The minimum Gasteiger partial charge on any atom is -0.409 e. The molecule has 0 saturated heterocycles. The first-order chi connectivity index (χ1) is 8.36. The molecule has 98 valence electrons. The molecule has 1 N–H and O–H groups in total. The number of hydrogen-bond donors (Lipinski definition) is 1. The Morgan fingerprint density at radius 3 is 2.44 bits per heavy atom. The number of nitrogens with one attached hydrogen (secondary N) is 1. The van der Waals surface area contributed by atoms with E-state index in [9.17, 15) is 4.79 Å². The molecule has 5 heteroatoms. The average Bonchev–Trinajstić information content (AvgIpc) is 2.30. The maximum Gasteiger partial charge on any atom is 0.412 e. The van der Waals surface area contributed by atoms with Gasteiger partial charge in [0.25, 0.3) is 0 Å². The van der Waals surface area contributed by atoms with Gasteiger partial charge >= 0.3 is 6.09 Å². The Hall–Kier alpha value is -1.62. The monoisotopic (exact) mass is 266 g/mol. The third-order valence-corrected chi connectivity index (χ3v) is 3.04. The van der Waals surface area contributed by atoms with Crippen LogP contribution in [0.3, 0.4) is 0 Å².